The van der Waals surface area contributed by atoms with Gasteiger partial charge in [-0.2, -0.15) is 5.26 Å². The molecule has 5 nitrogen and oxygen atoms in total. The lowest BCUT2D eigenvalue weighted by atomic mass is 10.4. The van der Waals surface area contributed by atoms with Gasteiger partial charge in [-0.05, 0) is 0 Å². The van der Waals surface area contributed by atoms with Crippen LogP contribution in [0.25, 0.3) is 0 Å². The molecule has 0 unspecified atom stereocenters. The highest BCUT2D eigenvalue weighted by molar-refractivity contribution is 6.39. The van der Waals surface area contributed by atoms with Crippen molar-refractivity contribution in [3.05, 3.63) is 0 Å². The third-order valence-electron chi connectivity index (χ3n) is 0.564. The number of amides is 2. The van der Waals surface area contributed by atoms with Crippen LogP contribution >= 0.6 is 0 Å². The van der Waals surface area contributed by atoms with Crippen LogP contribution in [0.2, 0.25) is 0 Å². The summed E-state index contributed by atoms with van der Waals surface area (Å²) < 4.78 is 0. The van der Waals surface area contributed by atoms with E-state index in [9.17, 15) is 9.59 Å². The molecule has 0 N–H and O–H groups in total. The second-order valence-corrected chi connectivity index (χ2v) is 1.12. The molecule has 5 heteroatoms. The van der Waals surface area contributed by atoms with Crippen LogP contribution in [-0.4, -0.2) is 24.7 Å². The molecule has 2 amide bonds. The van der Waals surface area contributed by atoms with E-state index in [2.05, 4.69) is 9.98 Å². The van der Waals surface area contributed by atoms with Crippen molar-refractivity contribution in [3.8, 4) is 6.07 Å². The first kappa shape index (κ1) is 8.17. The fourth-order valence-electron chi connectivity index (χ4n) is 0.249. The van der Waals surface area contributed by atoms with Crippen LogP contribution in [0.1, 0.15) is 0 Å². The average molecular weight is 137 g/mol. The first-order chi connectivity index (χ1) is 4.85. The van der Waals surface area contributed by atoms with Gasteiger partial charge >= 0.3 is 0 Å². The molecular weight excluding hydrogens is 134 g/mol. The molecule has 50 valence electrons. The van der Waals surface area contributed by atoms with Crippen molar-refractivity contribution in [2.75, 3.05) is 0 Å². The van der Waals surface area contributed by atoms with Crippen LogP contribution in [0.15, 0.2) is 9.98 Å². The second kappa shape index (κ2) is 5.31. The maximum atomic E-state index is 9.65. The predicted molar refractivity (Wildman–Crippen MR) is 33.7 cm³/mol. The quantitative estimate of drug-likeness (QED) is 0.382. The Bertz CT molecular complexity index is 224. The van der Waals surface area contributed by atoms with E-state index < -0.39 is 0 Å². The van der Waals surface area contributed by atoms with E-state index in [-0.39, 0.29) is 18.5 Å². The Balaban J connectivity index is 4.25. The van der Waals surface area contributed by atoms with E-state index in [1.807, 2.05) is 0 Å². The molecule has 0 fully saturated rings. The monoisotopic (exact) mass is 137 g/mol. The molecule has 0 aromatic carbocycles. The smallest absolute Gasteiger partial charge is 0.234 e. The Morgan fingerprint density at radius 1 is 1.40 bits per heavy atom. The van der Waals surface area contributed by atoms with Crippen molar-refractivity contribution >= 4 is 24.7 Å². The summed E-state index contributed by atoms with van der Waals surface area (Å²) >= 11 is 0. The molecule has 10 heavy (non-hydrogen) atoms. The fraction of sp³-hybridized carbons (Fsp3) is 0. The van der Waals surface area contributed by atoms with Gasteiger partial charge in [0.05, 0.1) is 6.21 Å². The number of carbonyl (C=O) groups is 2. The third kappa shape index (κ3) is 3.21. The van der Waals surface area contributed by atoms with E-state index in [1.54, 1.807) is 6.07 Å². The van der Waals surface area contributed by atoms with E-state index >= 15 is 0 Å². The lowest BCUT2D eigenvalue weighted by molar-refractivity contribution is -0.107. The summed E-state index contributed by atoms with van der Waals surface area (Å²) in [5, 5.41) is 8.14. The van der Waals surface area contributed by atoms with Gasteiger partial charge < -0.3 is 0 Å². The minimum absolute atomic E-state index is 0.192. The van der Waals surface area contributed by atoms with E-state index in [0.29, 0.717) is 0 Å². The summed E-state index contributed by atoms with van der Waals surface area (Å²) in [5.74, 6) is 0. The van der Waals surface area contributed by atoms with Crippen molar-refractivity contribution in [2.45, 2.75) is 0 Å². The Kier molecular flexibility index (Phi) is 4.34. The second-order valence-electron chi connectivity index (χ2n) is 1.12. The SMILES string of the molecule is N#CC(C=NC=O)=NC=O. The van der Waals surface area contributed by atoms with Crippen LogP contribution < -0.4 is 0 Å². The van der Waals surface area contributed by atoms with Gasteiger partial charge in [0.1, 0.15) is 6.07 Å². The van der Waals surface area contributed by atoms with Crippen LogP contribution in [-0.2, 0) is 9.59 Å². The van der Waals surface area contributed by atoms with Crippen LogP contribution in [0.3, 0.4) is 0 Å². The highest BCUT2D eigenvalue weighted by Crippen LogP contribution is 1.68. The van der Waals surface area contributed by atoms with Crippen molar-refractivity contribution in [1.82, 2.24) is 0 Å². The summed E-state index contributed by atoms with van der Waals surface area (Å²) in [5.41, 5.74) is -0.192. The molecule has 0 spiro atoms. The summed E-state index contributed by atoms with van der Waals surface area (Å²) in [6, 6.07) is 1.55. The summed E-state index contributed by atoms with van der Waals surface area (Å²) in [6.45, 7) is 0. The lowest BCUT2D eigenvalue weighted by Crippen LogP contribution is -1.95. The Labute approximate surface area is 56.7 Å². The molecule has 0 saturated carbocycles. The number of rotatable bonds is 3. The van der Waals surface area contributed by atoms with E-state index in [4.69, 9.17) is 5.26 Å². The largest absolute Gasteiger partial charge is 0.276 e. The zero-order chi connectivity index (χ0) is 7.82. The first-order valence-corrected chi connectivity index (χ1v) is 2.23. The normalized spacial score (nSPS) is 10.9. The first-order valence-electron chi connectivity index (χ1n) is 2.23. The molecular formula is C5H3N3O2. The highest BCUT2D eigenvalue weighted by atomic mass is 16.1. The van der Waals surface area contributed by atoms with Crippen molar-refractivity contribution in [3.63, 3.8) is 0 Å². The minimum atomic E-state index is -0.192. The molecule has 0 rings (SSSR count). The molecule has 0 bridgehead atoms. The van der Waals surface area contributed by atoms with Gasteiger partial charge in [-0.1, -0.05) is 0 Å². The molecule has 0 aliphatic carbocycles. The summed E-state index contributed by atoms with van der Waals surface area (Å²) in [4.78, 5) is 25.3. The van der Waals surface area contributed by atoms with Gasteiger partial charge in [-0.15, -0.1) is 0 Å². The van der Waals surface area contributed by atoms with Crippen LogP contribution in [0.4, 0.5) is 0 Å². The van der Waals surface area contributed by atoms with Crippen LogP contribution in [0, 0.1) is 11.3 Å². The zero-order valence-corrected chi connectivity index (χ0v) is 4.89. The molecule has 0 saturated heterocycles. The van der Waals surface area contributed by atoms with E-state index in [0.717, 1.165) is 6.21 Å². The van der Waals surface area contributed by atoms with Crippen LogP contribution in [0.5, 0.6) is 0 Å². The number of aliphatic imine (C=N–C) groups is 2. The predicted octanol–water partition coefficient (Wildman–Crippen LogP) is -0.665. The maximum Gasteiger partial charge on any atom is 0.234 e. The van der Waals surface area contributed by atoms with Gasteiger partial charge in [0.2, 0.25) is 12.8 Å². The molecule has 0 aliphatic rings. The molecule has 0 atom stereocenters. The van der Waals surface area contributed by atoms with Gasteiger partial charge in [-0.25, -0.2) is 9.98 Å². The molecule has 0 radical (unpaired) electrons. The lowest BCUT2D eigenvalue weighted by Gasteiger charge is -1.75. The molecule has 0 aromatic rings. The minimum Gasteiger partial charge on any atom is -0.276 e. The number of hydrogen-bond acceptors (Lipinski definition) is 3. The van der Waals surface area contributed by atoms with Gasteiger partial charge in [0, 0.05) is 0 Å². The zero-order valence-electron chi connectivity index (χ0n) is 4.89. The van der Waals surface area contributed by atoms with Crippen molar-refractivity contribution < 1.29 is 9.59 Å². The van der Waals surface area contributed by atoms with Gasteiger partial charge in [0.15, 0.2) is 5.71 Å². The number of carbonyl (C=O) groups excluding carboxylic acids is 2. The maximum absolute atomic E-state index is 9.65. The standard InChI is InChI=1S/C5H3N3O2/c6-1-5(8-4-10)2-7-3-9/h2-4H. The Morgan fingerprint density at radius 3 is 2.50 bits per heavy atom. The Morgan fingerprint density at radius 2 is 2.10 bits per heavy atom. The van der Waals surface area contributed by atoms with Crippen molar-refractivity contribution in [2.24, 2.45) is 9.98 Å². The van der Waals surface area contributed by atoms with Gasteiger partial charge in [0.25, 0.3) is 0 Å². The van der Waals surface area contributed by atoms with E-state index in [1.165, 1.54) is 0 Å². The highest BCUT2D eigenvalue weighted by Gasteiger charge is 1.87. The van der Waals surface area contributed by atoms with Gasteiger partial charge in [-0.3, -0.25) is 9.59 Å². The average Bonchev–Trinajstić information content (AvgIpc) is 1.98. The molecule has 0 aliphatic heterocycles. The number of nitrogens with zero attached hydrogens (tertiary/aromatic N) is 3. The molecule has 0 heterocycles. The summed E-state index contributed by atoms with van der Waals surface area (Å²) in [7, 11) is 0. The molecule has 0 aromatic heterocycles. The number of hydrogen-bond donors (Lipinski definition) is 0. The van der Waals surface area contributed by atoms with Crippen molar-refractivity contribution in [1.29, 1.82) is 5.26 Å². The number of nitriles is 1. The third-order valence-corrected chi connectivity index (χ3v) is 0.564. The topological polar surface area (TPSA) is 82.7 Å². The summed E-state index contributed by atoms with van der Waals surface area (Å²) in [6.07, 6.45) is 1.36. The fourth-order valence-corrected chi connectivity index (χ4v) is 0.249. The Hall–Kier alpha value is -1.83.